The van der Waals surface area contributed by atoms with Crippen molar-refractivity contribution in [3.63, 3.8) is 0 Å². The molecule has 0 atom stereocenters. The molecule has 0 spiro atoms. The van der Waals surface area contributed by atoms with Gasteiger partial charge in [-0.3, -0.25) is 4.79 Å². The summed E-state index contributed by atoms with van der Waals surface area (Å²) >= 11 is 0. The Hall–Kier alpha value is -2.24. The van der Waals surface area contributed by atoms with Crippen molar-refractivity contribution in [3.05, 3.63) is 23.8 Å². The predicted molar refractivity (Wildman–Crippen MR) is 80.2 cm³/mol. The number of nitrogen functional groups attached to an aromatic ring is 1. The van der Waals surface area contributed by atoms with Crippen LogP contribution in [0, 0.1) is 5.92 Å². The van der Waals surface area contributed by atoms with Crippen LogP contribution >= 0.6 is 0 Å². The van der Waals surface area contributed by atoms with Gasteiger partial charge >= 0.3 is 5.97 Å². The third-order valence-electron chi connectivity index (χ3n) is 2.57. The molecular weight excluding hydrogens is 272 g/mol. The Morgan fingerprint density at radius 3 is 2.67 bits per heavy atom. The van der Waals surface area contributed by atoms with Crippen LogP contribution in [0.1, 0.15) is 31.1 Å². The number of amides is 1. The summed E-state index contributed by atoms with van der Waals surface area (Å²) in [4.78, 5) is 23.4. The summed E-state index contributed by atoms with van der Waals surface area (Å²) in [7, 11) is 0. The summed E-state index contributed by atoms with van der Waals surface area (Å²) in [5.74, 6) is -0.124. The first kappa shape index (κ1) is 16.8. The van der Waals surface area contributed by atoms with Gasteiger partial charge in [-0.25, -0.2) is 4.79 Å². The smallest absolute Gasteiger partial charge is 0.341 e. The lowest BCUT2D eigenvalue weighted by Gasteiger charge is -2.12. The maximum atomic E-state index is 11.8. The highest BCUT2D eigenvalue weighted by Gasteiger charge is 2.15. The minimum atomic E-state index is -0.526. The lowest BCUT2D eigenvalue weighted by Crippen LogP contribution is -2.32. The van der Waals surface area contributed by atoms with E-state index in [9.17, 15) is 9.59 Å². The molecule has 6 nitrogen and oxygen atoms in total. The molecule has 0 fully saturated rings. The Bertz CT molecular complexity index is 500. The van der Waals surface area contributed by atoms with Crippen molar-refractivity contribution in [2.75, 3.05) is 25.5 Å². The molecule has 0 bridgehead atoms. The number of anilines is 1. The molecule has 0 unspecified atom stereocenters. The summed E-state index contributed by atoms with van der Waals surface area (Å²) in [5.41, 5.74) is 6.30. The molecule has 0 heterocycles. The lowest BCUT2D eigenvalue weighted by molar-refractivity contribution is -0.123. The molecule has 1 amide bonds. The molecule has 116 valence electrons. The van der Waals surface area contributed by atoms with E-state index < -0.39 is 5.97 Å². The molecule has 3 N–H and O–H groups in total. The standard InChI is InChI=1S/C15H22N2O4/c1-4-20-15(19)12-7-11(16)5-6-13(12)21-9-14(18)17-8-10(2)3/h5-7,10H,4,8-9,16H2,1-3H3,(H,17,18). The number of nitrogens with two attached hydrogens (primary N) is 1. The van der Waals surface area contributed by atoms with E-state index in [1.54, 1.807) is 19.1 Å². The highest BCUT2D eigenvalue weighted by molar-refractivity contribution is 5.93. The van der Waals surface area contributed by atoms with Gasteiger partial charge < -0.3 is 20.5 Å². The van der Waals surface area contributed by atoms with Crippen molar-refractivity contribution >= 4 is 17.6 Å². The van der Waals surface area contributed by atoms with Gasteiger partial charge in [-0.15, -0.1) is 0 Å². The Morgan fingerprint density at radius 1 is 1.33 bits per heavy atom. The highest BCUT2D eigenvalue weighted by Crippen LogP contribution is 2.22. The van der Waals surface area contributed by atoms with Gasteiger partial charge in [0.25, 0.3) is 5.91 Å². The highest BCUT2D eigenvalue weighted by atomic mass is 16.5. The van der Waals surface area contributed by atoms with Crippen molar-refractivity contribution in [3.8, 4) is 5.75 Å². The average molecular weight is 294 g/mol. The molecule has 6 heteroatoms. The minimum absolute atomic E-state index is 0.164. The Kier molecular flexibility index (Phi) is 6.52. The van der Waals surface area contributed by atoms with Gasteiger partial charge in [0.2, 0.25) is 0 Å². The summed E-state index contributed by atoms with van der Waals surface area (Å²) in [6, 6.07) is 4.63. The van der Waals surface area contributed by atoms with Crippen LogP contribution in [0.3, 0.4) is 0 Å². The number of rotatable bonds is 7. The second-order valence-electron chi connectivity index (χ2n) is 4.96. The van der Waals surface area contributed by atoms with E-state index in [1.165, 1.54) is 6.07 Å². The molecule has 0 saturated heterocycles. The SMILES string of the molecule is CCOC(=O)c1cc(N)ccc1OCC(=O)NCC(C)C. The monoisotopic (exact) mass is 294 g/mol. The first-order valence-electron chi connectivity index (χ1n) is 6.90. The molecule has 0 aliphatic rings. The maximum Gasteiger partial charge on any atom is 0.341 e. The van der Waals surface area contributed by atoms with Crippen LogP contribution in [0.4, 0.5) is 5.69 Å². The van der Waals surface area contributed by atoms with Gasteiger partial charge in [-0.1, -0.05) is 13.8 Å². The van der Waals surface area contributed by atoms with E-state index in [4.69, 9.17) is 15.2 Å². The fraction of sp³-hybridized carbons (Fsp3) is 0.467. The van der Waals surface area contributed by atoms with Crippen molar-refractivity contribution in [1.82, 2.24) is 5.32 Å². The number of carbonyl (C=O) groups is 2. The van der Waals surface area contributed by atoms with Crippen LogP contribution in [0.15, 0.2) is 18.2 Å². The van der Waals surface area contributed by atoms with Gasteiger partial charge in [0.15, 0.2) is 6.61 Å². The number of hydrogen-bond acceptors (Lipinski definition) is 5. The van der Waals surface area contributed by atoms with Crippen LogP contribution in [0.2, 0.25) is 0 Å². The van der Waals surface area contributed by atoms with Crippen molar-refractivity contribution in [2.45, 2.75) is 20.8 Å². The molecule has 0 radical (unpaired) electrons. The topological polar surface area (TPSA) is 90.7 Å². The third-order valence-corrected chi connectivity index (χ3v) is 2.57. The fourth-order valence-electron chi connectivity index (χ4n) is 1.55. The van der Waals surface area contributed by atoms with Gasteiger partial charge in [0.1, 0.15) is 11.3 Å². The molecule has 0 saturated carbocycles. The molecule has 0 aliphatic heterocycles. The normalized spacial score (nSPS) is 10.3. The van der Waals surface area contributed by atoms with E-state index in [2.05, 4.69) is 5.32 Å². The second kappa shape index (κ2) is 8.14. The van der Waals surface area contributed by atoms with Gasteiger partial charge in [0.05, 0.1) is 6.61 Å². The first-order chi connectivity index (χ1) is 9.93. The molecule has 0 aliphatic carbocycles. The molecule has 1 aromatic rings. The molecule has 0 aromatic heterocycles. The lowest BCUT2D eigenvalue weighted by atomic mass is 10.2. The van der Waals surface area contributed by atoms with Gasteiger partial charge in [0, 0.05) is 12.2 Å². The van der Waals surface area contributed by atoms with E-state index >= 15 is 0 Å². The van der Waals surface area contributed by atoms with Crippen molar-refractivity contribution in [2.24, 2.45) is 5.92 Å². The van der Waals surface area contributed by atoms with Gasteiger partial charge in [-0.05, 0) is 31.0 Å². The van der Waals surface area contributed by atoms with E-state index in [0.29, 0.717) is 18.2 Å². The molecule has 1 rings (SSSR count). The summed E-state index contributed by atoms with van der Waals surface area (Å²) < 4.78 is 10.3. The zero-order valence-electron chi connectivity index (χ0n) is 12.6. The van der Waals surface area contributed by atoms with E-state index in [1.807, 2.05) is 13.8 Å². The van der Waals surface area contributed by atoms with Crippen LogP contribution in [-0.2, 0) is 9.53 Å². The third kappa shape index (κ3) is 5.72. The predicted octanol–water partition coefficient (Wildman–Crippen LogP) is 1.60. The van der Waals surface area contributed by atoms with Crippen LogP contribution in [-0.4, -0.2) is 31.6 Å². The number of carbonyl (C=O) groups excluding carboxylic acids is 2. The molecule has 21 heavy (non-hydrogen) atoms. The quantitative estimate of drug-likeness (QED) is 0.589. The number of benzene rings is 1. The van der Waals surface area contributed by atoms with Crippen LogP contribution in [0.25, 0.3) is 0 Å². The number of nitrogens with one attached hydrogen (secondary N) is 1. The number of esters is 1. The molecule has 1 aromatic carbocycles. The summed E-state index contributed by atoms with van der Waals surface area (Å²) in [6.07, 6.45) is 0. The van der Waals surface area contributed by atoms with Crippen LogP contribution < -0.4 is 15.8 Å². The zero-order valence-corrected chi connectivity index (χ0v) is 12.6. The molecular formula is C15H22N2O4. The Labute approximate surface area is 124 Å². The average Bonchev–Trinajstić information content (AvgIpc) is 2.43. The summed E-state index contributed by atoms with van der Waals surface area (Å²) in [5, 5.41) is 2.73. The minimum Gasteiger partial charge on any atom is -0.483 e. The fourth-order valence-corrected chi connectivity index (χ4v) is 1.55. The largest absolute Gasteiger partial charge is 0.483 e. The number of hydrogen-bond donors (Lipinski definition) is 2. The van der Waals surface area contributed by atoms with Crippen LogP contribution in [0.5, 0.6) is 5.75 Å². The Morgan fingerprint density at radius 2 is 2.05 bits per heavy atom. The zero-order chi connectivity index (χ0) is 15.8. The van der Waals surface area contributed by atoms with Crippen molar-refractivity contribution in [1.29, 1.82) is 0 Å². The second-order valence-corrected chi connectivity index (χ2v) is 4.96. The summed E-state index contributed by atoms with van der Waals surface area (Å²) in [6.45, 7) is 6.38. The van der Waals surface area contributed by atoms with E-state index in [0.717, 1.165) is 0 Å². The number of ether oxygens (including phenoxy) is 2. The first-order valence-corrected chi connectivity index (χ1v) is 6.90. The van der Waals surface area contributed by atoms with Gasteiger partial charge in [-0.2, -0.15) is 0 Å². The van der Waals surface area contributed by atoms with E-state index in [-0.39, 0.29) is 30.4 Å². The Balaban J connectivity index is 2.70. The van der Waals surface area contributed by atoms with Crippen molar-refractivity contribution < 1.29 is 19.1 Å². The maximum absolute atomic E-state index is 11.8.